The molecule has 0 saturated carbocycles. The van der Waals surface area contributed by atoms with Gasteiger partial charge in [-0.2, -0.15) is 0 Å². The monoisotopic (exact) mass is 372 g/mol. The van der Waals surface area contributed by atoms with E-state index in [1.165, 1.54) is 18.2 Å². The molecule has 0 amide bonds. The van der Waals surface area contributed by atoms with Gasteiger partial charge in [0.05, 0.1) is 15.8 Å². The van der Waals surface area contributed by atoms with Crippen LogP contribution in [0.3, 0.4) is 0 Å². The minimum atomic E-state index is -0.491. The molecule has 7 heteroatoms. The first-order chi connectivity index (χ1) is 11.0. The molecule has 0 spiro atoms. The van der Waals surface area contributed by atoms with Gasteiger partial charge in [0.2, 0.25) is 5.89 Å². The molecule has 0 aliphatic rings. The minimum Gasteiger partial charge on any atom is -0.404 e. The summed E-state index contributed by atoms with van der Waals surface area (Å²) >= 11 is 3.29. The summed E-state index contributed by atoms with van der Waals surface area (Å²) in [6, 6.07) is 11.3. The maximum absolute atomic E-state index is 12.0. The highest BCUT2D eigenvalue weighted by molar-refractivity contribution is 9.10. The molecule has 0 bridgehead atoms. The molecule has 3 rings (SSSR count). The van der Waals surface area contributed by atoms with Gasteiger partial charge in [-0.1, -0.05) is 28.1 Å². The van der Waals surface area contributed by atoms with Gasteiger partial charge in [-0.15, -0.1) is 0 Å². The van der Waals surface area contributed by atoms with Crippen molar-refractivity contribution in [1.82, 2.24) is 4.98 Å². The summed E-state index contributed by atoms with van der Waals surface area (Å²) in [5.41, 5.74) is 0.627. The molecule has 0 fully saturated rings. The standard InChI is InChI=1S/C16H9BrN2O4/c17-11-5-6-14-13(9-11)16(20)23-15(18-14)7-4-10-2-1-3-12(8-10)19(21)22/h1-9H. The first-order valence-electron chi connectivity index (χ1n) is 6.56. The third-order valence-corrected chi connectivity index (χ3v) is 3.60. The van der Waals surface area contributed by atoms with Gasteiger partial charge in [0, 0.05) is 22.7 Å². The fourth-order valence-electron chi connectivity index (χ4n) is 2.04. The molecule has 0 N–H and O–H groups in total. The number of nitrogens with zero attached hydrogens (tertiary/aromatic N) is 2. The van der Waals surface area contributed by atoms with E-state index in [0.29, 0.717) is 16.5 Å². The van der Waals surface area contributed by atoms with Gasteiger partial charge in [-0.05, 0) is 29.8 Å². The molecule has 23 heavy (non-hydrogen) atoms. The summed E-state index contributed by atoms with van der Waals surface area (Å²) in [5.74, 6) is 0.135. The molecule has 1 heterocycles. The van der Waals surface area contributed by atoms with Crippen LogP contribution in [-0.4, -0.2) is 9.91 Å². The molecular formula is C16H9BrN2O4. The van der Waals surface area contributed by atoms with E-state index in [4.69, 9.17) is 4.42 Å². The van der Waals surface area contributed by atoms with Crippen molar-refractivity contribution < 1.29 is 9.34 Å². The highest BCUT2D eigenvalue weighted by Crippen LogP contribution is 2.18. The number of halogens is 1. The van der Waals surface area contributed by atoms with Gasteiger partial charge in [0.15, 0.2) is 0 Å². The first-order valence-corrected chi connectivity index (χ1v) is 7.35. The van der Waals surface area contributed by atoms with Crippen molar-refractivity contribution in [3.8, 4) is 0 Å². The predicted octanol–water partition coefficient (Wildman–Crippen LogP) is 4.03. The quantitative estimate of drug-likeness (QED) is 0.511. The van der Waals surface area contributed by atoms with Crippen molar-refractivity contribution in [1.29, 1.82) is 0 Å². The Morgan fingerprint density at radius 3 is 2.78 bits per heavy atom. The summed E-state index contributed by atoms with van der Waals surface area (Å²) in [7, 11) is 0. The Hall–Kier alpha value is -2.80. The zero-order chi connectivity index (χ0) is 16.4. The number of aromatic nitrogens is 1. The van der Waals surface area contributed by atoms with Crippen molar-refractivity contribution in [2.45, 2.75) is 0 Å². The molecule has 0 atom stereocenters. The molecule has 0 aliphatic heterocycles. The lowest BCUT2D eigenvalue weighted by Gasteiger charge is -1.98. The van der Waals surface area contributed by atoms with Crippen LogP contribution in [0.4, 0.5) is 5.69 Å². The Labute approximate surface area is 138 Å². The van der Waals surface area contributed by atoms with Crippen LogP contribution in [-0.2, 0) is 0 Å². The van der Waals surface area contributed by atoms with Gasteiger partial charge in [0.25, 0.3) is 5.69 Å². The van der Waals surface area contributed by atoms with E-state index in [0.717, 1.165) is 4.47 Å². The number of non-ortho nitro benzene ring substituents is 1. The Bertz CT molecular complexity index is 995. The highest BCUT2D eigenvalue weighted by Gasteiger charge is 2.06. The predicted molar refractivity (Wildman–Crippen MR) is 90.0 cm³/mol. The Morgan fingerprint density at radius 1 is 1.17 bits per heavy atom. The Kier molecular flexibility index (Phi) is 4.03. The second kappa shape index (κ2) is 6.13. The van der Waals surface area contributed by atoms with Crippen LogP contribution in [0.2, 0.25) is 0 Å². The van der Waals surface area contributed by atoms with Crippen molar-refractivity contribution in [3.05, 3.63) is 78.9 Å². The van der Waals surface area contributed by atoms with Gasteiger partial charge in [0.1, 0.15) is 0 Å². The summed E-state index contributed by atoms with van der Waals surface area (Å²) in [6.45, 7) is 0. The summed E-state index contributed by atoms with van der Waals surface area (Å²) in [4.78, 5) is 26.5. The molecule has 0 unspecified atom stereocenters. The first kappa shape index (κ1) is 15.1. The molecule has 0 radical (unpaired) electrons. The topological polar surface area (TPSA) is 86.2 Å². The van der Waals surface area contributed by atoms with Crippen LogP contribution in [0.5, 0.6) is 0 Å². The summed E-state index contributed by atoms with van der Waals surface area (Å²) < 4.78 is 5.90. The molecule has 3 aromatic rings. The lowest BCUT2D eigenvalue weighted by molar-refractivity contribution is -0.384. The maximum atomic E-state index is 12.0. The van der Waals surface area contributed by atoms with Crippen LogP contribution in [0.25, 0.3) is 23.1 Å². The third kappa shape index (κ3) is 3.35. The van der Waals surface area contributed by atoms with Crippen molar-refractivity contribution >= 4 is 44.7 Å². The van der Waals surface area contributed by atoms with Gasteiger partial charge >= 0.3 is 5.63 Å². The van der Waals surface area contributed by atoms with E-state index < -0.39 is 10.5 Å². The fraction of sp³-hybridized carbons (Fsp3) is 0. The van der Waals surface area contributed by atoms with E-state index in [1.807, 2.05) is 0 Å². The molecule has 1 aromatic heterocycles. The van der Waals surface area contributed by atoms with Crippen LogP contribution in [0.15, 0.2) is 56.1 Å². The van der Waals surface area contributed by atoms with E-state index in [2.05, 4.69) is 20.9 Å². The number of nitro groups is 1. The summed E-state index contributed by atoms with van der Waals surface area (Å²) in [6.07, 6.45) is 3.10. The number of rotatable bonds is 3. The molecular weight excluding hydrogens is 364 g/mol. The van der Waals surface area contributed by atoms with Gasteiger partial charge in [-0.25, -0.2) is 9.78 Å². The number of hydrogen-bond donors (Lipinski definition) is 0. The lowest BCUT2D eigenvalue weighted by atomic mass is 10.2. The van der Waals surface area contributed by atoms with Crippen LogP contribution >= 0.6 is 15.9 Å². The molecule has 6 nitrogen and oxygen atoms in total. The van der Waals surface area contributed by atoms with Crippen LogP contribution < -0.4 is 5.63 Å². The number of benzene rings is 2. The second-order valence-electron chi connectivity index (χ2n) is 4.69. The number of hydrogen-bond acceptors (Lipinski definition) is 5. The highest BCUT2D eigenvalue weighted by atomic mass is 79.9. The average molecular weight is 373 g/mol. The fourth-order valence-corrected chi connectivity index (χ4v) is 2.40. The largest absolute Gasteiger partial charge is 0.404 e. The SMILES string of the molecule is O=c1oc(C=Cc2cccc([N+](=O)[O-])c2)nc2ccc(Br)cc12. The van der Waals surface area contributed by atoms with E-state index >= 15 is 0 Å². The van der Waals surface area contributed by atoms with Crippen molar-refractivity contribution in [2.24, 2.45) is 0 Å². The Morgan fingerprint density at radius 2 is 2.00 bits per heavy atom. The molecule has 0 saturated heterocycles. The van der Waals surface area contributed by atoms with Crippen molar-refractivity contribution in [2.75, 3.05) is 0 Å². The van der Waals surface area contributed by atoms with Gasteiger partial charge < -0.3 is 4.42 Å². The maximum Gasteiger partial charge on any atom is 0.347 e. The minimum absolute atomic E-state index is 0.00933. The molecule has 0 aliphatic carbocycles. The van der Waals surface area contributed by atoms with E-state index in [-0.39, 0.29) is 11.6 Å². The van der Waals surface area contributed by atoms with Crippen LogP contribution in [0, 0.1) is 10.1 Å². The van der Waals surface area contributed by atoms with E-state index in [9.17, 15) is 14.9 Å². The Balaban J connectivity index is 1.98. The number of nitro benzene ring substituents is 1. The number of fused-ring (bicyclic) bond motifs is 1. The smallest absolute Gasteiger partial charge is 0.347 e. The third-order valence-electron chi connectivity index (χ3n) is 3.11. The molecule has 2 aromatic carbocycles. The van der Waals surface area contributed by atoms with Crippen LogP contribution in [0.1, 0.15) is 11.5 Å². The zero-order valence-electron chi connectivity index (χ0n) is 11.6. The zero-order valence-corrected chi connectivity index (χ0v) is 13.2. The summed E-state index contributed by atoms with van der Waals surface area (Å²) in [5, 5.41) is 11.1. The van der Waals surface area contributed by atoms with E-state index in [1.54, 1.807) is 36.4 Å². The molecule has 114 valence electrons. The van der Waals surface area contributed by atoms with Crippen molar-refractivity contribution in [3.63, 3.8) is 0 Å². The average Bonchev–Trinajstić information content (AvgIpc) is 2.54. The second-order valence-corrected chi connectivity index (χ2v) is 5.60. The normalized spacial score (nSPS) is 11.2. The lowest BCUT2D eigenvalue weighted by Crippen LogP contribution is -2.02. The van der Waals surface area contributed by atoms with Gasteiger partial charge in [-0.3, -0.25) is 10.1 Å².